The second-order valence-electron chi connectivity index (χ2n) is 12.0. The van der Waals surface area contributed by atoms with E-state index in [9.17, 15) is 53.7 Å². The van der Waals surface area contributed by atoms with Crippen molar-refractivity contribution in [3.8, 4) is 0 Å². The van der Waals surface area contributed by atoms with Crippen LogP contribution in [0.25, 0.3) is 0 Å². The number of amides is 4. The maximum atomic E-state index is 14.1. The first-order valence-corrected chi connectivity index (χ1v) is 15.9. The Morgan fingerprint density at radius 2 is 1.04 bits per heavy atom. The van der Waals surface area contributed by atoms with Crippen molar-refractivity contribution in [1.29, 1.82) is 0 Å². The molecule has 0 saturated heterocycles. The summed E-state index contributed by atoms with van der Waals surface area (Å²) in [5.41, 5.74) is -0.372. The van der Waals surface area contributed by atoms with Crippen LogP contribution in [0.5, 0.6) is 0 Å². The lowest BCUT2D eigenvalue weighted by atomic mass is 9.84. The second kappa shape index (κ2) is 18.1. The van der Waals surface area contributed by atoms with E-state index in [-0.39, 0.29) is 32.1 Å². The number of carboxylic acids is 4. The average Bonchev–Trinajstić information content (AvgIpc) is 3.85. The Hall–Kier alpha value is -5.80. The van der Waals surface area contributed by atoms with Crippen LogP contribution < -0.4 is 21.3 Å². The molecule has 2 aromatic rings. The van der Waals surface area contributed by atoms with E-state index in [0.29, 0.717) is 11.1 Å². The minimum absolute atomic E-state index is 0.0244. The van der Waals surface area contributed by atoms with Gasteiger partial charge in [-0.3, -0.25) is 33.6 Å². The first-order valence-electron chi connectivity index (χ1n) is 15.9. The van der Waals surface area contributed by atoms with Crippen molar-refractivity contribution < 1.29 is 58.8 Å². The Morgan fingerprint density at radius 3 is 1.48 bits per heavy atom. The summed E-state index contributed by atoms with van der Waals surface area (Å²) < 4.78 is 0. The highest BCUT2D eigenvalue weighted by Gasteiger charge is 2.52. The van der Waals surface area contributed by atoms with Crippen molar-refractivity contribution in [2.45, 2.75) is 87.4 Å². The van der Waals surface area contributed by atoms with Crippen molar-refractivity contribution in [1.82, 2.24) is 21.3 Å². The lowest BCUT2D eigenvalue weighted by Crippen LogP contribution is -2.59. The van der Waals surface area contributed by atoms with Crippen LogP contribution in [-0.4, -0.2) is 91.6 Å². The van der Waals surface area contributed by atoms with E-state index < -0.39 is 103 Å². The van der Waals surface area contributed by atoms with Crippen molar-refractivity contribution >= 4 is 47.5 Å². The van der Waals surface area contributed by atoms with Crippen molar-refractivity contribution in [3.05, 3.63) is 71.8 Å². The molecule has 1 aliphatic carbocycles. The molecule has 3 atom stereocenters. The Kier molecular flexibility index (Phi) is 14.0. The van der Waals surface area contributed by atoms with E-state index in [0.717, 1.165) is 0 Å². The van der Waals surface area contributed by atoms with Gasteiger partial charge in [0, 0.05) is 31.6 Å². The number of aliphatic carboxylic acids is 4. The molecule has 16 nitrogen and oxygen atoms in total. The molecule has 0 aromatic heterocycles. The third-order valence-corrected chi connectivity index (χ3v) is 8.13. The molecule has 0 heterocycles. The maximum Gasteiger partial charge on any atom is 0.329 e. The Bertz CT molecular complexity index is 1520. The summed E-state index contributed by atoms with van der Waals surface area (Å²) >= 11 is 0. The van der Waals surface area contributed by atoms with E-state index in [4.69, 9.17) is 5.11 Å². The molecular weight excluding hydrogens is 656 g/mol. The number of nitrogens with one attached hydrogen (secondary N) is 4. The van der Waals surface area contributed by atoms with Gasteiger partial charge < -0.3 is 41.7 Å². The fraction of sp³-hybridized carbons (Fsp3) is 0.412. The van der Waals surface area contributed by atoms with Crippen LogP contribution >= 0.6 is 0 Å². The topological polar surface area (TPSA) is 266 Å². The van der Waals surface area contributed by atoms with Crippen molar-refractivity contribution in [3.63, 3.8) is 0 Å². The summed E-state index contributed by atoms with van der Waals surface area (Å²) in [5.74, 6) is -9.47. The Labute approximate surface area is 286 Å². The number of carboxylic acid groups (broad SMARTS) is 4. The predicted molar refractivity (Wildman–Crippen MR) is 173 cm³/mol. The highest BCUT2D eigenvalue weighted by molar-refractivity contribution is 5.97. The van der Waals surface area contributed by atoms with E-state index in [1.807, 2.05) is 0 Å². The van der Waals surface area contributed by atoms with Gasteiger partial charge in [-0.05, 0) is 43.2 Å². The number of hydrogen-bond acceptors (Lipinski definition) is 8. The number of hydrogen-bond donors (Lipinski definition) is 8. The van der Waals surface area contributed by atoms with Gasteiger partial charge >= 0.3 is 23.9 Å². The molecule has 268 valence electrons. The zero-order chi connectivity index (χ0) is 36.8. The highest BCUT2D eigenvalue weighted by Crippen LogP contribution is 2.35. The molecule has 0 bridgehead atoms. The van der Waals surface area contributed by atoms with Crippen LogP contribution in [-0.2, 0) is 38.4 Å². The molecule has 3 rings (SSSR count). The molecule has 16 heteroatoms. The molecule has 4 amide bonds. The van der Waals surface area contributed by atoms with Gasteiger partial charge in [0.05, 0.1) is 0 Å². The third kappa shape index (κ3) is 11.7. The summed E-state index contributed by atoms with van der Waals surface area (Å²) in [5, 5.41) is 46.9. The molecule has 1 fully saturated rings. The van der Waals surface area contributed by atoms with Crippen LogP contribution in [0, 0.1) is 0 Å². The van der Waals surface area contributed by atoms with Crippen LogP contribution in [0.1, 0.15) is 74.8 Å². The van der Waals surface area contributed by atoms with Crippen molar-refractivity contribution in [2.24, 2.45) is 0 Å². The SMILES string of the molecule is O=C(O)CCCC(=O)N[C@H](C(=O)N[C@@H](CCC(=O)O)C(=O)N[C@@H](CCC(=O)O)C(=O)NC1(C(=O)O)CC1)C(c1ccccc1)c1ccccc1. The van der Waals surface area contributed by atoms with Crippen LogP contribution in [0.2, 0.25) is 0 Å². The number of rotatable bonds is 21. The first-order chi connectivity index (χ1) is 23.7. The second-order valence-corrected chi connectivity index (χ2v) is 12.0. The van der Waals surface area contributed by atoms with Crippen molar-refractivity contribution in [2.75, 3.05) is 0 Å². The largest absolute Gasteiger partial charge is 0.481 e. The van der Waals surface area contributed by atoms with Gasteiger partial charge in [-0.2, -0.15) is 0 Å². The van der Waals surface area contributed by atoms with Gasteiger partial charge in [0.2, 0.25) is 23.6 Å². The number of benzene rings is 2. The lowest BCUT2D eigenvalue weighted by molar-refractivity contribution is -0.144. The number of carbonyl (C=O) groups excluding carboxylic acids is 4. The van der Waals surface area contributed by atoms with Crippen LogP contribution in [0.15, 0.2) is 60.7 Å². The smallest absolute Gasteiger partial charge is 0.329 e. The molecular formula is C34H40N4O12. The summed E-state index contributed by atoms with van der Waals surface area (Å²) in [4.78, 5) is 99.4. The van der Waals surface area contributed by atoms with Gasteiger partial charge in [-0.1, -0.05) is 60.7 Å². The summed E-state index contributed by atoms with van der Waals surface area (Å²) in [6.45, 7) is 0. The van der Waals surface area contributed by atoms with E-state index in [1.54, 1.807) is 60.7 Å². The van der Waals surface area contributed by atoms with Gasteiger partial charge in [0.1, 0.15) is 23.7 Å². The molecule has 0 spiro atoms. The summed E-state index contributed by atoms with van der Waals surface area (Å²) in [6.07, 6.45) is -2.43. The van der Waals surface area contributed by atoms with Crippen LogP contribution in [0.4, 0.5) is 0 Å². The molecule has 0 radical (unpaired) electrons. The van der Waals surface area contributed by atoms with Gasteiger partial charge in [-0.15, -0.1) is 0 Å². The zero-order valence-corrected chi connectivity index (χ0v) is 27.0. The Balaban J connectivity index is 1.95. The molecule has 2 aromatic carbocycles. The predicted octanol–water partition coefficient (Wildman–Crippen LogP) is 0.991. The minimum Gasteiger partial charge on any atom is -0.481 e. The van der Waals surface area contributed by atoms with Gasteiger partial charge in [0.15, 0.2) is 0 Å². The normalized spacial score (nSPS) is 14.7. The van der Waals surface area contributed by atoms with Gasteiger partial charge in [-0.25, -0.2) is 4.79 Å². The van der Waals surface area contributed by atoms with E-state index >= 15 is 0 Å². The molecule has 8 N–H and O–H groups in total. The minimum atomic E-state index is -1.60. The monoisotopic (exact) mass is 696 g/mol. The molecule has 1 saturated carbocycles. The molecule has 1 aliphatic rings. The summed E-state index contributed by atoms with van der Waals surface area (Å²) in [6, 6.07) is 12.7. The quantitative estimate of drug-likeness (QED) is 0.0908. The van der Waals surface area contributed by atoms with E-state index in [2.05, 4.69) is 21.3 Å². The average molecular weight is 697 g/mol. The zero-order valence-electron chi connectivity index (χ0n) is 27.0. The molecule has 0 unspecified atom stereocenters. The lowest BCUT2D eigenvalue weighted by Gasteiger charge is -2.30. The third-order valence-electron chi connectivity index (χ3n) is 8.13. The highest BCUT2D eigenvalue weighted by atomic mass is 16.4. The fourth-order valence-corrected chi connectivity index (χ4v) is 5.29. The standard InChI is InChI=1S/C34H40N4O12/c39-24(12-7-13-25(40)41)37-29(28(20-8-3-1-4-9-20)21-10-5-2-6-11-21)32(48)36-22(14-16-26(42)43)30(46)35-23(15-17-27(44)45)31(47)38-34(18-19-34)33(49)50/h1-6,8-11,22-23,28-29H,7,12-19H2,(H,35,46)(H,36,48)(H,37,39)(H,38,47)(H,40,41)(H,42,43)(H,44,45)(H,49,50)/t22-,23-,29-/m0/s1. The first kappa shape index (κ1) is 38.6. The maximum absolute atomic E-state index is 14.1. The van der Waals surface area contributed by atoms with Gasteiger partial charge in [0.25, 0.3) is 0 Å². The summed E-state index contributed by atoms with van der Waals surface area (Å²) in [7, 11) is 0. The molecule has 50 heavy (non-hydrogen) atoms. The Morgan fingerprint density at radius 1 is 0.580 bits per heavy atom. The molecule has 0 aliphatic heterocycles. The number of carbonyl (C=O) groups is 8. The fourth-order valence-electron chi connectivity index (χ4n) is 5.29. The van der Waals surface area contributed by atoms with E-state index in [1.165, 1.54) is 0 Å². The van der Waals surface area contributed by atoms with Crippen LogP contribution in [0.3, 0.4) is 0 Å².